The molecule has 1 aliphatic rings. The highest BCUT2D eigenvalue weighted by molar-refractivity contribution is 5.94. The predicted molar refractivity (Wildman–Crippen MR) is 113 cm³/mol. The fourth-order valence-electron chi connectivity index (χ4n) is 3.95. The molecule has 0 radical (unpaired) electrons. The number of nitrogens with zero attached hydrogens (tertiary/aromatic N) is 6. The fraction of sp³-hybridized carbons (Fsp3) is 0.261. The van der Waals surface area contributed by atoms with Crippen LogP contribution in [-0.2, 0) is 6.54 Å². The standard InChI is InChI=1S/C23H21FN6O2/c24-20-5-1-3-18(11-20)21-27-22(32-28-21)19-4-2-10-29(13-19)23(31)17-8-6-16(7-9-17)12-30-15-25-14-26-30/h1,3,5-9,11,14-15,19H,2,4,10,12-13H2. The molecule has 162 valence electrons. The topological polar surface area (TPSA) is 89.9 Å². The lowest BCUT2D eigenvalue weighted by molar-refractivity contribution is 0.0695. The van der Waals surface area contributed by atoms with E-state index in [9.17, 15) is 9.18 Å². The maximum atomic E-state index is 13.5. The van der Waals surface area contributed by atoms with Crippen LogP contribution in [0.2, 0.25) is 0 Å². The molecule has 9 heteroatoms. The first-order valence-electron chi connectivity index (χ1n) is 10.5. The van der Waals surface area contributed by atoms with Crippen LogP contribution in [0, 0.1) is 5.82 Å². The zero-order valence-electron chi connectivity index (χ0n) is 17.3. The Labute approximate surface area is 183 Å². The molecule has 1 amide bonds. The van der Waals surface area contributed by atoms with Gasteiger partial charge in [0.15, 0.2) is 0 Å². The number of aromatic nitrogens is 5. The van der Waals surface area contributed by atoms with Gasteiger partial charge >= 0.3 is 0 Å². The second-order valence-electron chi connectivity index (χ2n) is 7.85. The minimum absolute atomic E-state index is 0.0214. The van der Waals surface area contributed by atoms with Crippen molar-refractivity contribution in [1.29, 1.82) is 0 Å². The van der Waals surface area contributed by atoms with E-state index in [1.165, 1.54) is 18.5 Å². The number of likely N-dealkylation sites (tertiary alicyclic amines) is 1. The summed E-state index contributed by atoms with van der Waals surface area (Å²) in [5.74, 6) is 0.410. The Morgan fingerprint density at radius 1 is 1.19 bits per heavy atom. The van der Waals surface area contributed by atoms with Gasteiger partial charge in [-0.1, -0.05) is 29.4 Å². The maximum Gasteiger partial charge on any atom is 0.253 e. The second-order valence-corrected chi connectivity index (χ2v) is 7.85. The van der Waals surface area contributed by atoms with Gasteiger partial charge in [-0.3, -0.25) is 4.79 Å². The molecule has 0 bridgehead atoms. The minimum Gasteiger partial charge on any atom is -0.339 e. The van der Waals surface area contributed by atoms with E-state index in [0.717, 1.165) is 18.4 Å². The highest BCUT2D eigenvalue weighted by Gasteiger charge is 2.29. The Morgan fingerprint density at radius 3 is 2.84 bits per heavy atom. The quantitative estimate of drug-likeness (QED) is 0.479. The Bertz CT molecular complexity index is 1210. The van der Waals surface area contributed by atoms with E-state index in [1.807, 2.05) is 29.2 Å². The molecular formula is C23H21FN6O2. The second kappa shape index (κ2) is 8.70. The van der Waals surface area contributed by atoms with Crippen LogP contribution in [0.4, 0.5) is 4.39 Å². The molecule has 1 atom stereocenters. The van der Waals surface area contributed by atoms with Crippen LogP contribution >= 0.6 is 0 Å². The van der Waals surface area contributed by atoms with Crippen LogP contribution in [0.15, 0.2) is 65.7 Å². The first-order chi connectivity index (χ1) is 15.7. The zero-order valence-corrected chi connectivity index (χ0v) is 17.3. The van der Waals surface area contributed by atoms with Crippen molar-refractivity contribution in [3.63, 3.8) is 0 Å². The van der Waals surface area contributed by atoms with E-state index < -0.39 is 0 Å². The summed E-state index contributed by atoms with van der Waals surface area (Å²) in [7, 11) is 0. The molecule has 3 heterocycles. The number of rotatable bonds is 5. The summed E-state index contributed by atoms with van der Waals surface area (Å²) in [5, 5.41) is 8.10. The van der Waals surface area contributed by atoms with E-state index >= 15 is 0 Å². The number of carbonyl (C=O) groups excluding carboxylic acids is 1. The van der Waals surface area contributed by atoms with Crippen molar-refractivity contribution in [3.05, 3.63) is 84.0 Å². The fourth-order valence-corrected chi connectivity index (χ4v) is 3.95. The van der Waals surface area contributed by atoms with Crippen LogP contribution in [-0.4, -0.2) is 48.8 Å². The molecule has 5 rings (SSSR count). The molecule has 1 saturated heterocycles. The lowest BCUT2D eigenvalue weighted by Crippen LogP contribution is -2.39. The molecule has 0 spiro atoms. The van der Waals surface area contributed by atoms with E-state index in [0.29, 0.717) is 42.5 Å². The van der Waals surface area contributed by atoms with E-state index in [4.69, 9.17) is 4.52 Å². The number of benzene rings is 2. The van der Waals surface area contributed by atoms with Crippen molar-refractivity contribution in [2.24, 2.45) is 0 Å². The van der Waals surface area contributed by atoms with E-state index in [2.05, 4.69) is 20.2 Å². The number of halogens is 1. The third-order valence-electron chi connectivity index (χ3n) is 5.59. The first kappa shape index (κ1) is 20.0. The molecule has 1 aliphatic heterocycles. The van der Waals surface area contributed by atoms with Gasteiger partial charge in [-0.15, -0.1) is 0 Å². The Balaban J connectivity index is 1.26. The van der Waals surface area contributed by atoms with Gasteiger partial charge in [-0.25, -0.2) is 14.1 Å². The minimum atomic E-state index is -0.351. The molecule has 2 aromatic carbocycles. The van der Waals surface area contributed by atoms with Crippen molar-refractivity contribution in [2.45, 2.75) is 25.3 Å². The highest BCUT2D eigenvalue weighted by Crippen LogP contribution is 2.28. The monoisotopic (exact) mass is 432 g/mol. The summed E-state index contributed by atoms with van der Waals surface area (Å²) in [5.41, 5.74) is 2.24. The third-order valence-corrected chi connectivity index (χ3v) is 5.59. The summed E-state index contributed by atoms with van der Waals surface area (Å²) in [6.45, 7) is 1.79. The van der Waals surface area contributed by atoms with Crippen molar-refractivity contribution in [1.82, 2.24) is 29.8 Å². The normalized spacial score (nSPS) is 16.3. The smallest absolute Gasteiger partial charge is 0.253 e. The maximum absolute atomic E-state index is 13.5. The zero-order chi connectivity index (χ0) is 21.9. The lowest BCUT2D eigenvalue weighted by Gasteiger charge is -2.31. The summed E-state index contributed by atoms with van der Waals surface area (Å²) >= 11 is 0. The molecular weight excluding hydrogens is 411 g/mol. The van der Waals surface area contributed by atoms with Crippen molar-refractivity contribution in [2.75, 3.05) is 13.1 Å². The molecule has 0 aliphatic carbocycles. The summed E-state index contributed by atoms with van der Waals surface area (Å²) in [6, 6.07) is 13.6. The Morgan fingerprint density at radius 2 is 2.06 bits per heavy atom. The average Bonchev–Trinajstić information content (AvgIpc) is 3.52. The van der Waals surface area contributed by atoms with Crippen LogP contribution in [0.5, 0.6) is 0 Å². The van der Waals surface area contributed by atoms with Crippen LogP contribution in [0.3, 0.4) is 0 Å². The molecule has 2 aromatic heterocycles. The number of amides is 1. The molecule has 4 aromatic rings. The van der Waals surface area contributed by atoms with Gasteiger partial charge < -0.3 is 9.42 Å². The largest absolute Gasteiger partial charge is 0.339 e. The van der Waals surface area contributed by atoms with E-state index in [1.54, 1.807) is 23.1 Å². The van der Waals surface area contributed by atoms with Crippen LogP contribution < -0.4 is 0 Å². The van der Waals surface area contributed by atoms with Gasteiger partial charge in [-0.05, 0) is 42.7 Å². The molecule has 8 nitrogen and oxygen atoms in total. The van der Waals surface area contributed by atoms with Crippen LogP contribution in [0.25, 0.3) is 11.4 Å². The number of carbonyl (C=O) groups is 1. The van der Waals surface area contributed by atoms with Gasteiger partial charge in [0.2, 0.25) is 11.7 Å². The van der Waals surface area contributed by atoms with Crippen molar-refractivity contribution < 1.29 is 13.7 Å². The molecule has 0 N–H and O–H groups in total. The van der Waals surface area contributed by atoms with E-state index in [-0.39, 0.29) is 17.6 Å². The first-order valence-corrected chi connectivity index (χ1v) is 10.5. The molecule has 1 unspecified atom stereocenters. The van der Waals surface area contributed by atoms with Crippen molar-refractivity contribution >= 4 is 5.91 Å². The van der Waals surface area contributed by atoms with Gasteiger partial charge in [-0.2, -0.15) is 10.1 Å². The average molecular weight is 432 g/mol. The van der Waals surface area contributed by atoms with Gasteiger partial charge in [0, 0.05) is 24.2 Å². The Hall–Kier alpha value is -3.88. The predicted octanol–water partition coefficient (Wildman–Crippen LogP) is 3.54. The number of hydrogen-bond donors (Lipinski definition) is 0. The van der Waals surface area contributed by atoms with Crippen LogP contribution in [0.1, 0.15) is 40.6 Å². The van der Waals surface area contributed by atoms with Gasteiger partial charge in [0.25, 0.3) is 5.91 Å². The molecule has 0 saturated carbocycles. The third kappa shape index (κ3) is 4.27. The number of hydrogen-bond acceptors (Lipinski definition) is 6. The van der Waals surface area contributed by atoms with Gasteiger partial charge in [0.1, 0.15) is 18.5 Å². The van der Waals surface area contributed by atoms with Gasteiger partial charge in [0.05, 0.1) is 12.5 Å². The molecule has 1 fully saturated rings. The summed E-state index contributed by atoms with van der Waals surface area (Å²) < 4.78 is 20.7. The SMILES string of the molecule is O=C(c1ccc(Cn2cncn2)cc1)N1CCCC(c2nc(-c3cccc(F)c3)no2)C1. The Kier molecular flexibility index (Phi) is 5.45. The highest BCUT2D eigenvalue weighted by atomic mass is 19.1. The summed E-state index contributed by atoms with van der Waals surface area (Å²) in [4.78, 5) is 23.3. The number of piperidine rings is 1. The van der Waals surface area contributed by atoms with Crippen molar-refractivity contribution in [3.8, 4) is 11.4 Å². The lowest BCUT2D eigenvalue weighted by atomic mass is 9.97. The molecule has 32 heavy (non-hydrogen) atoms. The summed E-state index contributed by atoms with van der Waals surface area (Å²) in [6.07, 6.45) is 4.85.